The van der Waals surface area contributed by atoms with Gasteiger partial charge in [-0.2, -0.15) is 0 Å². The second-order valence-electron chi connectivity index (χ2n) is 3.76. The van der Waals surface area contributed by atoms with Gasteiger partial charge < -0.3 is 9.84 Å². The zero-order valence-electron chi connectivity index (χ0n) is 8.99. The van der Waals surface area contributed by atoms with Crippen molar-refractivity contribution in [3.05, 3.63) is 0 Å². The average Bonchev–Trinajstić information content (AvgIpc) is 2.25. The van der Waals surface area contributed by atoms with Gasteiger partial charge in [0.2, 0.25) is 0 Å². The largest absolute Gasteiger partial charge is 0.468 e. The van der Waals surface area contributed by atoms with E-state index >= 15 is 0 Å². The minimum Gasteiger partial charge on any atom is -0.468 e. The van der Waals surface area contributed by atoms with Crippen LogP contribution in [-0.2, 0) is 9.53 Å². The Morgan fingerprint density at radius 2 is 2.40 bits per heavy atom. The molecular formula is C10H18FNO3. The molecule has 1 fully saturated rings. The second kappa shape index (κ2) is 6.02. The molecule has 88 valence electrons. The van der Waals surface area contributed by atoms with Crippen molar-refractivity contribution in [3.63, 3.8) is 0 Å². The summed E-state index contributed by atoms with van der Waals surface area (Å²) in [6.45, 7) is 0.810. The molecule has 0 bridgehead atoms. The summed E-state index contributed by atoms with van der Waals surface area (Å²) in [5, 5.41) is 9.70. The molecule has 4 nitrogen and oxygen atoms in total. The van der Waals surface area contributed by atoms with Crippen LogP contribution >= 0.6 is 0 Å². The molecule has 0 spiro atoms. The quantitative estimate of drug-likeness (QED) is 0.693. The summed E-state index contributed by atoms with van der Waals surface area (Å²) < 4.78 is 16.7. The fourth-order valence-electron chi connectivity index (χ4n) is 1.98. The van der Waals surface area contributed by atoms with E-state index in [9.17, 15) is 14.3 Å². The Labute approximate surface area is 89.0 Å². The van der Waals surface area contributed by atoms with E-state index in [0.29, 0.717) is 19.4 Å². The van der Waals surface area contributed by atoms with Crippen LogP contribution in [0.15, 0.2) is 0 Å². The van der Waals surface area contributed by atoms with Crippen molar-refractivity contribution < 1.29 is 19.0 Å². The number of nitrogens with zero attached hydrogens (tertiary/aromatic N) is 1. The van der Waals surface area contributed by atoms with Crippen molar-refractivity contribution in [2.45, 2.75) is 31.4 Å². The van der Waals surface area contributed by atoms with Gasteiger partial charge in [0, 0.05) is 6.54 Å². The van der Waals surface area contributed by atoms with E-state index in [0.717, 1.165) is 13.0 Å². The number of hydrogen-bond acceptors (Lipinski definition) is 4. The number of halogens is 1. The van der Waals surface area contributed by atoms with Crippen LogP contribution in [0.25, 0.3) is 0 Å². The lowest BCUT2D eigenvalue weighted by molar-refractivity contribution is -0.154. The van der Waals surface area contributed by atoms with Gasteiger partial charge >= 0.3 is 5.97 Å². The summed E-state index contributed by atoms with van der Waals surface area (Å²) in [6, 6.07) is -0.615. The normalized spacial score (nSPS) is 27.7. The number of likely N-dealkylation sites (tertiary alicyclic amines) is 1. The Bertz CT molecular complexity index is 213. The Morgan fingerprint density at radius 1 is 1.67 bits per heavy atom. The van der Waals surface area contributed by atoms with Gasteiger partial charge in [-0.25, -0.2) is 0 Å². The lowest BCUT2D eigenvalue weighted by Crippen LogP contribution is -2.53. The van der Waals surface area contributed by atoms with Crippen molar-refractivity contribution in [1.29, 1.82) is 0 Å². The van der Waals surface area contributed by atoms with Crippen LogP contribution in [0.1, 0.15) is 19.3 Å². The molecule has 2 unspecified atom stereocenters. The summed E-state index contributed by atoms with van der Waals surface area (Å²) in [7, 11) is 1.30. The molecule has 0 saturated carbocycles. The molecule has 0 amide bonds. The molecule has 0 aromatic heterocycles. The molecule has 2 atom stereocenters. The van der Waals surface area contributed by atoms with Crippen molar-refractivity contribution in [3.8, 4) is 0 Å². The van der Waals surface area contributed by atoms with Gasteiger partial charge in [0.15, 0.2) is 0 Å². The van der Waals surface area contributed by atoms with E-state index in [1.54, 1.807) is 4.90 Å². The monoisotopic (exact) mass is 219 g/mol. The first-order valence-electron chi connectivity index (χ1n) is 5.26. The molecular weight excluding hydrogens is 201 g/mol. The molecule has 1 N–H and O–H groups in total. The molecule has 1 aliphatic heterocycles. The van der Waals surface area contributed by atoms with Gasteiger partial charge in [-0.3, -0.25) is 14.1 Å². The predicted molar refractivity (Wildman–Crippen MR) is 53.2 cm³/mol. The number of aliphatic hydroxyl groups excluding tert-OH is 1. The molecule has 0 radical (unpaired) electrons. The topological polar surface area (TPSA) is 49.8 Å². The highest BCUT2D eigenvalue weighted by atomic mass is 19.1. The van der Waals surface area contributed by atoms with Crippen LogP contribution < -0.4 is 0 Å². The fraction of sp³-hybridized carbons (Fsp3) is 0.900. The van der Waals surface area contributed by atoms with Gasteiger partial charge in [-0.15, -0.1) is 0 Å². The smallest absolute Gasteiger partial charge is 0.325 e. The molecule has 1 aliphatic rings. The second-order valence-corrected chi connectivity index (χ2v) is 3.76. The number of ether oxygens (including phenoxy) is 1. The minimum absolute atomic E-state index is 0.389. The predicted octanol–water partition coefficient (Wildman–Crippen LogP) is 0.344. The lowest BCUT2D eigenvalue weighted by atomic mass is 9.98. The lowest BCUT2D eigenvalue weighted by Gasteiger charge is -2.36. The first kappa shape index (κ1) is 12.4. The van der Waals surface area contributed by atoms with Crippen LogP contribution in [0.3, 0.4) is 0 Å². The van der Waals surface area contributed by atoms with Gasteiger partial charge in [0.1, 0.15) is 6.04 Å². The van der Waals surface area contributed by atoms with Crippen LogP contribution in [-0.4, -0.2) is 55.0 Å². The number of esters is 1. The number of alkyl halides is 1. The molecule has 15 heavy (non-hydrogen) atoms. The van der Waals surface area contributed by atoms with E-state index in [1.807, 2.05) is 0 Å². The minimum atomic E-state index is -0.689. The third-order valence-electron chi connectivity index (χ3n) is 2.72. The SMILES string of the molecule is COC(=O)C1C(O)CCCN1CCCF. The maximum Gasteiger partial charge on any atom is 0.325 e. The number of methoxy groups -OCH3 is 1. The van der Waals surface area contributed by atoms with E-state index in [1.165, 1.54) is 7.11 Å². The Morgan fingerprint density at radius 3 is 3.00 bits per heavy atom. The maximum absolute atomic E-state index is 12.0. The number of piperidine rings is 1. The van der Waals surface area contributed by atoms with Crippen LogP contribution in [0, 0.1) is 0 Å². The van der Waals surface area contributed by atoms with Gasteiger partial charge in [0.05, 0.1) is 19.9 Å². The van der Waals surface area contributed by atoms with Crippen molar-refractivity contribution >= 4 is 5.97 Å². The Hall–Kier alpha value is -0.680. The molecule has 1 saturated heterocycles. The number of rotatable bonds is 4. The molecule has 0 aromatic rings. The third kappa shape index (κ3) is 3.14. The summed E-state index contributed by atoms with van der Waals surface area (Å²) in [5.41, 5.74) is 0. The standard InChI is InChI=1S/C10H18FNO3/c1-15-10(14)9-8(13)4-2-6-12(9)7-3-5-11/h8-9,13H,2-7H2,1H3. The Balaban J connectivity index is 2.59. The zero-order chi connectivity index (χ0) is 11.3. The van der Waals surface area contributed by atoms with Crippen molar-refractivity contribution in [2.24, 2.45) is 0 Å². The number of carbonyl (C=O) groups is 1. The summed E-state index contributed by atoms with van der Waals surface area (Å²) in [4.78, 5) is 13.2. The summed E-state index contributed by atoms with van der Waals surface area (Å²) in [6.07, 6.45) is 1.14. The van der Waals surface area contributed by atoms with Crippen LogP contribution in [0.4, 0.5) is 4.39 Å². The summed E-state index contributed by atoms with van der Waals surface area (Å²) >= 11 is 0. The molecule has 5 heteroatoms. The van der Waals surface area contributed by atoms with Gasteiger partial charge in [-0.1, -0.05) is 0 Å². The van der Waals surface area contributed by atoms with Crippen molar-refractivity contribution in [1.82, 2.24) is 4.90 Å². The number of hydrogen-bond donors (Lipinski definition) is 1. The highest BCUT2D eigenvalue weighted by Crippen LogP contribution is 2.19. The Kier molecular flexibility index (Phi) is 4.98. The third-order valence-corrected chi connectivity index (χ3v) is 2.72. The van der Waals surface area contributed by atoms with Crippen LogP contribution in [0.2, 0.25) is 0 Å². The van der Waals surface area contributed by atoms with Crippen molar-refractivity contribution in [2.75, 3.05) is 26.9 Å². The highest BCUT2D eigenvalue weighted by Gasteiger charge is 2.36. The number of aliphatic hydroxyl groups is 1. The van der Waals surface area contributed by atoms with Crippen LogP contribution in [0.5, 0.6) is 0 Å². The highest BCUT2D eigenvalue weighted by molar-refractivity contribution is 5.76. The average molecular weight is 219 g/mol. The fourth-order valence-corrected chi connectivity index (χ4v) is 1.98. The first-order valence-corrected chi connectivity index (χ1v) is 5.26. The molecule has 0 aromatic carbocycles. The zero-order valence-corrected chi connectivity index (χ0v) is 8.99. The van der Waals surface area contributed by atoms with E-state index < -0.39 is 24.8 Å². The van der Waals surface area contributed by atoms with E-state index in [4.69, 9.17) is 0 Å². The molecule has 1 heterocycles. The first-order chi connectivity index (χ1) is 7.20. The van der Waals surface area contributed by atoms with Gasteiger partial charge in [0.25, 0.3) is 0 Å². The van der Waals surface area contributed by atoms with Gasteiger partial charge in [-0.05, 0) is 25.8 Å². The number of carbonyl (C=O) groups excluding carboxylic acids is 1. The summed E-state index contributed by atoms with van der Waals surface area (Å²) in [5.74, 6) is -0.430. The molecule has 1 rings (SSSR count). The maximum atomic E-state index is 12.0. The van der Waals surface area contributed by atoms with E-state index in [2.05, 4.69) is 4.74 Å². The molecule has 0 aliphatic carbocycles. The van der Waals surface area contributed by atoms with E-state index in [-0.39, 0.29) is 0 Å².